The van der Waals surface area contributed by atoms with Gasteiger partial charge in [0.25, 0.3) is 0 Å². The summed E-state index contributed by atoms with van der Waals surface area (Å²) in [7, 11) is 0. The van der Waals surface area contributed by atoms with Gasteiger partial charge in [-0.3, -0.25) is 4.68 Å². The summed E-state index contributed by atoms with van der Waals surface area (Å²) in [6.45, 7) is 9.15. The van der Waals surface area contributed by atoms with Crippen molar-refractivity contribution in [2.75, 3.05) is 18.4 Å². The van der Waals surface area contributed by atoms with Crippen molar-refractivity contribution >= 4 is 48.9 Å². The van der Waals surface area contributed by atoms with Crippen LogP contribution in [0.2, 0.25) is 0 Å². The maximum atomic E-state index is 12.4. The van der Waals surface area contributed by atoms with Crippen molar-refractivity contribution in [1.29, 1.82) is 0 Å². The van der Waals surface area contributed by atoms with Crippen molar-refractivity contribution in [3.8, 4) is 5.75 Å². The van der Waals surface area contributed by atoms with Gasteiger partial charge in [0.1, 0.15) is 11.4 Å². The van der Waals surface area contributed by atoms with Gasteiger partial charge in [-0.25, -0.2) is 4.79 Å². The van der Waals surface area contributed by atoms with Crippen molar-refractivity contribution in [2.45, 2.75) is 58.3 Å². The van der Waals surface area contributed by atoms with Gasteiger partial charge >= 0.3 is 6.09 Å². The van der Waals surface area contributed by atoms with Crippen LogP contribution in [0.4, 0.5) is 4.79 Å². The highest BCUT2D eigenvalue weighted by Crippen LogP contribution is 2.32. The molecule has 1 aliphatic rings. The van der Waals surface area contributed by atoms with Crippen molar-refractivity contribution in [2.24, 2.45) is 0 Å². The fourth-order valence-corrected chi connectivity index (χ4v) is 3.79. The van der Waals surface area contributed by atoms with E-state index in [2.05, 4.69) is 38.1 Å². The molecule has 3 rings (SSSR count). The van der Waals surface area contributed by atoms with E-state index in [9.17, 15) is 4.79 Å². The lowest BCUT2D eigenvalue weighted by Gasteiger charge is -2.34. The van der Waals surface area contributed by atoms with E-state index in [1.165, 1.54) is 0 Å². The van der Waals surface area contributed by atoms with Crippen molar-refractivity contribution < 1.29 is 14.3 Å². The topological polar surface area (TPSA) is 56.6 Å². The number of amides is 1. The number of rotatable bonds is 5. The molecule has 1 amide bonds. The highest BCUT2D eigenvalue weighted by atomic mass is 79.9. The fraction of sp³-hybridized carbons (Fsp3) is 0.600. The quantitative estimate of drug-likeness (QED) is 0.490. The number of carbonyl (C=O) groups is 1. The van der Waals surface area contributed by atoms with Gasteiger partial charge in [-0.2, -0.15) is 5.10 Å². The van der Waals surface area contributed by atoms with Crippen LogP contribution in [-0.2, 0) is 4.74 Å². The molecule has 2 aromatic rings. The van der Waals surface area contributed by atoms with Crippen LogP contribution in [0.25, 0.3) is 10.9 Å². The van der Waals surface area contributed by atoms with E-state index in [1.54, 1.807) is 4.90 Å². The van der Waals surface area contributed by atoms with E-state index in [-0.39, 0.29) is 18.2 Å². The summed E-state index contributed by atoms with van der Waals surface area (Å²) in [6, 6.07) is 4.30. The van der Waals surface area contributed by atoms with Gasteiger partial charge in [-0.15, -0.1) is 0 Å². The Morgan fingerprint density at radius 3 is 2.61 bits per heavy atom. The predicted molar refractivity (Wildman–Crippen MR) is 117 cm³/mol. The second kappa shape index (κ2) is 8.61. The number of likely N-dealkylation sites (tertiary alicyclic amines) is 1. The van der Waals surface area contributed by atoms with Gasteiger partial charge in [0.05, 0.1) is 22.1 Å². The molecule has 6 nitrogen and oxygen atoms in total. The van der Waals surface area contributed by atoms with Crippen LogP contribution in [0, 0.1) is 0 Å². The number of halogens is 2. The lowest BCUT2D eigenvalue weighted by molar-refractivity contribution is 0.0217. The Bertz CT molecular complexity index is 843. The minimum atomic E-state index is -0.503. The monoisotopic (exact) mass is 515 g/mol. The van der Waals surface area contributed by atoms with E-state index in [1.807, 2.05) is 44.5 Å². The predicted octanol–water partition coefficient (Wildman–Crippen LogP) is 5.53. The summed E-state index contributed by atoms with van der Waals surface area (Å²) in [4.78, 5) is 14.1. The zero-order valence-electron chi connectivity index (χ0n) is 16.7. The summed E-state index contributed by atoms with van der Waals surface area (Å²) in [5.41, 5.74) is 0.413. The molecule has 0 atom stereocenters. The second-order valence-corrected chi connectivity index (χ2v) is 9.51. The van der Waals surface area contributed by atoms with Crippen LogP contribution in [0.5, 0.6) is 5.75 Å². The minimum absolute atomic E-state index is 0.106. The molecule has 1 aromatic carbocycles. The van der Waals surface area contributed by atoms with Gasteiger partial charge in [-0.05, 0) is 62.5 Å². The Morgan fingerprint density at radius 2 is 2.00 bits per heavy atom. The van der Waals surface area contributed by atoms with Crippen LogP contribution < -0.4 is 4.74 Å². The molecular formula is C20H27Br2N3O3. The van der Waals surface area contributed by atoms with Crippen LogP contribution in [0.3, 0.4) is 0 Å². The van der Waals surface area contributed by atoms with Crippen LogP contribution in [0.1, 0.15) is 46.6 Å². The Hall–Kier alpha value is -1.28. The summed E-state index contributed by atoms with van der Waals surface area (Å²) >= 11 is 6.97. The normalized spacial score (nSPS) is 16.0. The number of benzene rings is 1. The molecule has 0 spiro atoms. The first-order valence-corrected chi connectivity index (χ1v) is 11.5. The summed E-state index contributed by atoms with van der Waals surface area (Å²) in [5.74, 6) is 0.805. The largest absolute Gasteiger partial charge is 0.490 e. The van der Waals surface area contributed by atoms with Crippen LogP contribution in [0.15, 0.2) is 22.8 Å². The molecule has 8 heteroatoms. The molecule has 2 heterocycles. The third-order valence-electron chi connectivity index (χ3n) is 4.72. The van der Waals surface area contributed by atoms with Gasteiger partial charge in [0.2, 0.25) is 0 Å². The number of hydrogen-bond acceptors (Lipinski definition) is 4. The zero-order valence-corrected chi connectivity index (χ0v) is 19.9. The maximum absolute atomic E-state index is 12.4. The second-order valence-electron chi connectivity index (χ2n) is 8.10. The van der Waals surface area contributed by atoms with E-state index >= 15 is 0 Å². The fourth-order valence-electron chi connectivity index (χ4n) is 3.22. The summed E-state index contributed by atoms with van der Waals surface area (Å²) < 4.78 is 14.4. The molecule has 0 aliphatic carbocycles. The molecule has 0 N–H and O–H groups in total. The standard InChI is InChI=1S/C20H27Br2N3O3/c1-13(2)27-18-10-17-14(9-16(18)22)11-25(23-17)15-5-7-24(8-6-15)19(26)28-20(3,4)12-21/h9-11,13,15H,5-8,12H2,1-4H3. The Balaban J connectivity index is 1.67. The van der Waals surface area contributed by atoms with E-state index < -0.39 is 5.60 Å². The third-order valence-corrected chi connectivity index (χ3v) is 6.69. The lowest BCUT2D eigenvalue weighted by Crippen LogP contribution is -2.43. The highest BCUT2D eigenvalue weighted by Gasteiger charge is 2.29. The Labute approximate surface area is 182 Å². The molecule has 1 aliphatic heterocycles. The molecule has 1 saturated heterocycles. The number of alkyl halides is 1. The number of fused-ring (bicyclic) bond motifs is 1. The van der Waals surface area contributed by atoms with E-state index in [0.29, 0.717) is 18.4 Å². The first kappa shape index (κ1) is 21.4. The number of piperidine rings is 1. The first-order valence-electron chi connectivity index (χ1n) is 9.57. The van der Waals surface area contributed by atoms with Crippen LogP contribution >= 0.6 is 31.9 Å². The SMILES string of the molecule is CC(C)Oc1cc2nn(C3CCN(C(=O)OC(C)(C)CBr)CC3)cc2cc1Br. The zero-order chi connectivity index (χ0) is 20.5. The number of carbonyl (C=O) groups excluding carboxylic acids is 1. The Kier molecular flexibility index (Phi) is 6.59. The third kappa shape index (κ3) is 5.00. The lowest BCUT2D eigenvalue weighted by atomic mass is 10.1. The average molecular weight is 517 g/mol. The van der Waals surface area contributed by atoms with Crippen molar-refractivity contribution in [3.05, 3.63) is 22.8 Å². The molecule has 0 unspecified atom stereocenters. The minimum Gasteiger partial charge on any atom is -0.490 e. The molecule has 0 saturated carbocycles. The van der Waals surface area contributed by atoms with Gasteiger partial charge < -0.3 is 14.4 Å². The summed E-state index contributed by atoms with van der Waals surface area (Å²) in [5, 5.41) is 6.45. The smallest absolute Gasteiger partial charge is 0.410 e. The van der Waals surface area contributed by atoms with Crippen molar-refractivity contribution in [3.63, 3.8) is 0 Å². The van der Waals surface area contributed by atoms with Gasteiger partial charge in [-0.1, -0.05) is 15.9 Å². The number of hydrogen-bond donors (Lipinski definition) is 0. The number of aromatic nitrogens is 2. The highest BCUT2D eigenvalue weighted by molar-refractivity contribution is 9.10. The van der Waals surface area contributed by atoms with Gasteiger partial charge in [0, 0.05) is 36.1 Å². The molecule has 0 bridgehead atoms. The molecule has 0 radical (unpaired) electrons. The average Bonchev–Trinajstić information content (AvgIpc) is 3.04. The van der Waals surface area contributed by atoms with E-state index in [0.717, 1.165) is 34.0 Å². The van der Waals surface area contributed by atoms with E-state index in [4.69, 9.17) is 14.6 Å². The maximum Gasteiger partial charge on any atom is 0.410 e. The van der Waals surface area contributed by atoms with Gasteiger partial charge in [0.15, 0.2) is 0 Å². The first-order chi connectivity index (χ1) is 13.2. The molecule has 1 aromatic heterocycles. The molecule has 154 valence electrons. The molecular weight excluding hydrogens is 490 g/mol. The van der Waals surface area contributed by atoms with Crippen LogP contribution in [-0.4, -0.2) is 50.9 Å². The number of nitrogens with zero attached hydrogens (tertiary/aromatic N) is 3. The van der Waals surface area contributed by atoms with Crippen molar-refractivity contribution in [1.82, 2.24) is 14.7 Å². The molecule has 28 heavy (non-hydrogen) atoms. The summed E-state index contributed by atoms with van der Waals surface area (Å²) in [6.07, 6.45) is 3.65. The molecule has 1 fully saturated rings. The Morgan fingerprint density at radius 1 is 1.32 bits per heavy atom. The number of ether oxygens (including phenoxy) is 2.